The Labute approximate surface area is 178 Å². The molecule has 6 heteroatoms. The first-order valence-corrected chi connectivity index (χ1v) is 11.7. The van der Waals surface area contributed by atoms with Gasteiger partial charge < -0.3 is 10.1 Å². The highest BCUT2D eigenvalue weighted by atomic mass is 32.2. The van der Waals surface area contributed by atoms with Crippen molar-refractivity contribution < 1.29 is 9.53 Å². The van der Waals surface area contributed by atoms with Gasteiger partial charge in [-0.3, -0.25) is 4.79 Å². The molecule has 3 rings (SSSR count). The van der Waals surface area contributed by atoms with Crippen molar-refractivity contribution in [2.45, 2.75) is 76.6 Å². The Morgan fingerprint density at radius 3 is 2.38 bits per heavy atom. The summed E-state index contributed by atoms with van der Waals surface area (Å²) in [5, 5.41) is 3.79. The minimum Gasteiger partial charge on any atom is -0.490 e. The van der Waals surface area contributed by atoms with E-state index >= 15 is 0 Å². The molecule has 29 heavy (non-hydrogen) atoms. The van der Waals surface area contributed by atoms with Gasteiger partial charge in [-0.2, -0.15) is 0 Å². The second-order valence-corrected chi connectivity index (χ2v) is 8.43. The van der Waals surface area contributed by atoms with Crippen LogP contribution in [0.4, 0.5) is 0 Å². The number of aryl methyl sites for hydroxylation is 2. The lowest BCUT2D eigenvalue weighted by Gasteiger charge is -2.23. The summed E-state index contributed by atoms with van der Waals surface area (Å²) < 4.78 is 6.06. The lowest BCUT2D eigenvalue weighted by atomic mass is 9.98. The molecule has 1 fully saturated rings. The predicted molar refractivity (Wildman–Crippen MR) is 117 cm³/mol. The lowest BCUT2D eigenvalue weighted by molar-refractivity contribution is -0.121. The number of hydrogen-bond acceptors (Lipinski definition) is 5. The van der Waals surface area contributed by atoms with E-state index in [9.17, 15) is 4.79 Å². The van der Waals surface area contributed by atoms with Crippen molar-refractivity contribution in [2.24, 2.45) is 0 Å². The lowest BCUT2D eigenvalue weighted by Crippen LogP contribution is -2.23. The van der Waals surface area contributed by atoms with Crippen molar-refractivity contribution in [2.75, 3.05) is 6.26 Å². The molecule has 0 bridgehead atoms. The summed E-state index contributed by atoms with van der Waals surface area (Å²) in [6, 6.07) is 8.07. The SMILES string of the molecule is CSc1nc(C)c(CCC(=O)NCc2ccc(OC3CCCCC3)cc2)c(C)n1. The number of rotatable bonds is 8. The summed E-state index contributed by atoms with van der Waals surface area (Å²) in [6.45, 7) is 4.50. The molecule has 0 unspecified atom stereocenters. The number of amides is 1. The Morgan fingerprint density at radius 2 is 1.76 bits per heavy atom. The first kappa shape index (κ1) is 21.6. The summed E-state index contributed by atoms with van der Waals surface area (Å²) >= 11 is 1.54. The molecule has 1 aromatic heterocycles. The van der Waals surface area contributed by atoms with E-state index < -0.39 is 0 Å². The molecule has 156 valence electrons. The normalized spacial score (nSPS) is 14.6. The van der Waals surface area contributed by atoms with Crippen LogP contribution < -0.4 is 10.1 Å². The number of nitrogens with one attached hydrogen (secondary N) is 1. The van der Waals surface area contributed by atoms with Crippen LogP contribution in [0.3, 0.4) is 0 Å². The summed E-state index contributed by atoms with van der Waals surface area (Å²) in [5.41, 5.74) is 4.07. The van der Waals surface area contributed by atoms with Gasteiger partial charge in [0, 0.05) is 24.4 Å². The van der Waals surface area contributed by atoms with E-state index in [0.29, 0.717) is 25.5 Å². The second-order valence-electron chi connectivity index (χ2n) is 7.66. The number of benzene rings is 1. The third-order valence-corrected chi connectivity index (χ3v) is 6.00. The van der Waals surface area contributed by atoms with Crippen LogP contribution in [-0.4, -0.2) is 28.2 Å². The Morgan fingerprint density at radius 1 is 1.10 bits per heavy atom. The van der Waals surface area contributed by atoms with Crippen LogP contribution in [0.5, 0.6) is 5.75 Å². The van der Waals surface area contributed by atoms with Gasteiger partial charge in [-0.15, -0.1) is 0 Å². The van der Waals surface area contributed by atoms with E-state index in [-0.39, 0.29) is 5.91 Å². The van der Waals surface area contributed by atoms with Crippen molar-refractivity contribution in [1.82, 2.24) is 15.3 Å². The Bertz CT molecular complexity index is 794. The molecule has 1 amide bonds. The highest BCUT2D eigenvalue weighted by Crippen LogP contribution is 2.23. The molecular formula is C23H31N3O2S. The van der Waals surface area contributed by atoms with E-state index in [0.717, 1.165) is 46.3 Å². The molecule has 1 aliphatic rings. The minimum absolute atomic E-state index is 0.0419. The average Bonchev–Trinajstić information content (AvgIpc) is 2.73. The number of carbonyl (C=O) groups is 1. The third-order valence-electron chi connectivity index (χ3n) is 5.45. The largest absolute Gasteiger partial charge is 0.490 e. The van der Waals surface area contributed by atoms with Gasteiger partial charge in [0.25, 0.3) is 0 Å². The van der Waals surface area contributed by atoms with Crippen LogP contribution in [0.15, 0.2) is 29.4 Å². The van der Waals surface area contributed by atoms with Crippen LogP contribution >= 0.6 is 11.8 Å². The fraction of sp³-hybridized carbons (Fsp3) is 0.522. The van der Waals surface area contributed by atoms with Gasteiger partial charge in [-0.25, -0.2) is 9.97 Å². The molecule has 0 aliphatic heterocycles. The molecule has 1 N–H and O–H groups in total. The summed E-state index contributed by atoms with van der Waals surface area (Å²) in [5.74, 6) is 0.965. The molecule has 0 saturated heterocycles. The van der Waals surface area contributed by atoms with Gasteiger partial charge in [-0.05, 0) is 75.5 Å². The summed E-state index contributed by atoms with van der Waals surface area (Å²) in [4.78, 5) is 21.2. The monoisotopic (exact) mass is 413 g/mol. The molecule has 0 spiro atoms. The van der Waals surface area contributed by atoms with Crippen molar-refractivity contribution in [3.63, 3.8) is 0 Å². The Kier molecular flexibility index (Phi) is 7.92. The van der Waals surface area contributed by atoms with Crippen LogP contribution in [0.2, 0.25) is 0 Å². The topological polar surface area (TPSA) is 64.1 Å². The summed E-state index contributed by atoms with van der Waals surface area (Å²) in [6.07, 6.45) is 9.59. The van der Waals surface area contributed by atoms with E-state index in [1.807, 2.05) is 44.4 Å². The highest BCUT2D eigenvalue weighted by Gasteiger charge is 2.15. The number of thioether (sulfide) groups is 1. The fourth-order valence-electron chi connectivity index (χ4n) is 3.75. The highest BCUT2D eigenvalue weighted by molar-refractivity contribution is 7.98. The molecular weight excluding hydrogens is 382 g/mol. The van der Waals surface area contributed by atoms with Crippen molar-refractivity contribution >= 4 is 17.7 Å². The maximum Gasteiger partial charge on any atom is 0.220 e. The number of ether oxygens (including phenoxy) is 1. The molecule has 0 atom stereocenters. The number of carbonyl (C=O) groups excluding carboxylic acids is 1. The third kappa shape index (κ3) is 6.46. The van der Waals surface area contributed by atoms with E-state index in [4.69, 9.17) is 4.74 Å². The first-order valence-electron chi connectivity index (χ1n) is 10.5. The van der Waals surface area contributed by atoms with Gasteiger partial charge in [0.2, 0.25) is 5.91 Å². The van der Waals surface area contributed by atoms with Crippen LogP contribution in [-0.2, 0) is 17.8 Å². The van der Waals surface area contributed by atoms with Crippen molar-refractivity contribution in [3.8, 4) is 5.75 Å². The zero-order valence-corrected chi connectivity index (χ0v) is 18.5. The van der Waals surface area contributed by atoms with E-state index in [1.165, 1.54) is 31.0 Å². The maximum absolute atomic E-state index is 12.3. The standard InChI is InChI=1S/C23H31N3O2S/c1-16-21(17(2)26-23(25-16)29-3)13-14-22(27)24-15-18-9-11-20(12-10-18)28-19-7-5-4-6-8-19/h9-12,19H,4-8,13-15H2,1-3H3,(H,24,27). The van der Waals surface area contributed by atoms with E-state index in [1.54, 1.807) is 0 Å². The van der Waals surface area contributed by atoms with Gasteiger partial charge in [0.15, 0.2) is 5.16 Å². The second kappa shape index (κ2) is 10.6. The van der Waals surface area contributed by atoms with E-state index in [2.05, 4.69) is 15.3 Å². The quantitative estimate of drug-likeness (QED) is 0.499. The zero-order chi connectivity index (χ0) is 20.6. The Hall–Kier alpha value is -2.08. The smallest absolute Gasteiger partial charge is 0.220 e. The molecule has 5 nitrogen and oxygen atoms in total. The molecule has 1 aliphatic carbocycles. The van der Waals surface area contributed by atoms with Gasteiger partial charge >= 0.3 is 0 Å². The van der Waals surface area contributed by atoms with Crippen molar-refractivity contribution in [3.05, 3.63) is 46.8 Å². The van der Waals surface area contributed by atoms with Crippen LogP contribution in [0, 0.1) is 13.8 Å². The number of nitrogens with zero attached hydrogens (tertiary/aromatic N) is 2. The molecule has 1 aromatic carbocycles. The van der Waals surface area contributed by atoms with Gasteiger partial charge in [0.05, 0.1) is 6.10 Å². The fourth-order valence-corrected chi connectivity index (χ4v) is 4.21. The van der Waals surface area contributed by atoms with Crippen LogP contribution in [0.1, 0.15) is 61.0 Å². The average molecular weight is 414 g/mol. The molecule has 1 saturated carbocycles. The maximum atomic E-state index is 12.3. The molecule has 2 aromatic rings. The molecule has 0 radical (unpaired) electrons. The summed E-state index contributed by atoms with van der Waals surface area (Å²) in [7, 11) is 0. The minimum atomic E-state index is 0.0419. The zero-order valence-electron chi connectivity index (χ0n) is 17.7. The Balaban J connectivity index is 1.44. The number of aromatic nitrogens is 2. The van der Waals surface area contributed by atoms with Crippen molar-refractivity contribution in [1.29, 1.82) is 0 Å². The first-order chi connectivity index (χ1) is 14.0. The van der Waals surface area contributed by atoms with Crippen LogP contribution in [0.25, 0.3) is 0 Å². The van der Waals surface area contributed by atoms with Gasteiger partial charge in [-0.1, -0.05) is 30.3 Å². The van der Waals surface area contributed by atoms with Gasteiger partial charge in [0.1, 0.15) is 5.75 Å². The predicted octanol–water partition coefficient (Wildman–Crippen LogP) is 4.78. The number of hydrogen-bond donors (Lipinski definition) is 1. The molecule has 1 heterocycles.